The molecule has 2 aliphatic rings. The third-order valence-corrected chi connectivity index (χ3v) is 8.96. The molecule has 222 valence electrons. The van der Waals surface area contributed by atoms with E-state index in [9.17, 15) is 9.59 Å². The Balaban J connectivity index is 0.00000368. The summed E-state index contributed by atoms with van der Waals surface area (Å²) in [4.78, 5) is 30.3. The first-order valence-corrected chi connectivity index (χ1v) is 14.8. The Bertz CT molecular complexity index is 1400. The smallest absolute Gasteiger partial charge is 0.419 e. The summed E-state index contributed by atoms with van der Waals surface area (Å²) >= 11 is 0. The van der Waals surface area contributed by atoms with Crippen molar-refractivity contribution in [1.29, 1.82) is 0 Å². The van der Waals surface area contributed by atoms with Gasteiger partial charge in [-0.25, -0.2) is 14.5 Å². The quantitative estimate of drug-likeness (QED) is 0.223. The molecule has 6 nitrogen and oxygen atoms in total. The van der Waals surface area contributed by atoms with Crippen LogP contribution in [-0.2, 0) is 15.7 Å². The molecule has 0 bridgehead atoms. The van der Waals surface area contributed by atoms with Crippen LogP contribution in [0.1, 0.15) is 41.5 Å². The van der Waals surface area contributed by atoms with Crippen LogP contribution in [0.4, 0.5) is 9.59 Å². The van der Waals surface area contributed by atoms with E-state index < -0.39 is 17.7 Å². The third kappa shape index (κ3) is 5.90. The van der Waals surface area contributed by atoms with Gasteiger partial charge in [0, 0.05) is 12.0 Å². The molecule has 7 heteroatoms. The highest BCUT2D eigenvalue weighted by Gasteiger charge is 2.53. The third-order valence-electron chi connectivity index (χ3n) is 8.96. The van der Waals surface area contributed by atoms with Crippen LogP contribution in [0.3, 0.4) is 0 Å². The molecule has 0 unspecified atom stereocenters. The molecule has 4 aromatic rings. The van der Waals surface area contributed by atoms with Crippen molar-refractivity contribution in [3.8, 4) is 0 Å². The first-order valence-electron chi connectivity index (χ1n) is 14.8. The van der Waals surface area contributed by atoms with E-state index in [1.54, 1.807) is 0 Å². The molecular formula is C36H38ClN3O3. The van der Waals surface area contributed by atoms with Gasteiger partial charge in [-0.1, -0.05) is 121 Å². The Kier molecular flexibility index (Phi) is 9.49. The van der Waals surface area contributed by atoms with Crippen molar-refractivity contribution < 1.29 is 14.3 Å². The topological polar surface area (TPSA) is 61.9 Å². The van der Waals surface area contributed by atoms with Crippen LogP contribution in [0.2, 0.25) is 0 Å². The van der Waals surface area contributed by atoms with E-state index in [-0.39, 0.29) is 24.4 Å². The van der Waals surface area contributed by atoms with E-state index in [0.29, 0.717) is 6.54 Å². The van der Waals surface area contributed by atoms with E-state index in [1.165, 1.54) is 16.0 Å². The zero-order chi connectivity index (χ0) is 28.8. The van der Waals surface area contributed by atoms with Crippen molar-refractivity contribution in [2.75, 3.05) is 32.8 Å². The van der Waals surface area contributed by atoms with Crippen molar-refractivity contribution >= 4 is 24.5 Å². The summed E-state index contributed by atoms with van der Waals surface area (Å²) in [6, 6.07) is 40.6. The average Bonchev–Trinajstić information content (AvgIpc) is 3.43. The zero-order valence-electron chi connectivity index (χ0n) is 24.2. The van der Waals surface area contributed by atoms with Gasteiger partial charge in [-0.15, -0.1) is 12.4 Å². The number of ether oxygens (including phenoxy) is 1. The monoisotopic (exact) mass is 595 g/mol. The Morgan fingerprint density at radius 3 is 1.60 bits per heavy atom. The molecule has 0 saturated carbocycles. The van der Waals surface area contributed by atoms with Crippen LogP contribution in [0.5, 0.6) is 0 Å². The highest BCUT2D eigenvalue weighted by Crippen LogP contribution is 2.42. The SMILES string of the molecule is Cl.O=C(NCCCN1CCC(c2ccccc2)(c2ccccc2)CC1)N1C(=O)OCC1(c1ccccc1)c1ccccc1. The number of cyclic esters (lactones) is 1. The minimum atomic E-state index is -1.02. The van der Waals surface area contributed by atoms with Crippen molar-refractivity contribution in [2.24, 2.45) is 0 Å². The van der Waals surface area contributed by atoms with Crippen molar-refractivity contribution in [1.82, 2.24) is 15.1 Å². The van der Waals surface area contributed by atoms with Crippen LogP contribution in [-0.4, -0.2) is 54.7 Å². The maximum absolute atomic E-state index is 13.6. The van der Waals surface area contributed by atoms with Crippen LogP contribution in [0.15, 0.2) is 121 Å². The van der Waals surface area contributed by atoms with Gasteiger partial charge < -0.3 is 15.0 Å². The molecule has 2 aliphatic heterocycles. The molecule has 0 spiro atoms. The van der Waals surface area contributed by atoms with Gasteiger partial charge in [0.25, 0.3) is 0 Å². The minimum absolute atomic E-state index is 0. The Morgan fingerprint density at radius 1 is 0.698 bits per heavy atom. The number of carbonyl (C=O) groups excluding carboxylic acids is 2. The van der Waals surface area contributed by atoms with Gasteiger partial charge in [-0.3, -0.25) is 0 Å². The molecule has 2 heterocycles. The number of carbonyl (C=O) groups is 2. The minimum Gasteiger partial charge on any atom is -0.446 e. The Hall–Kier alpha value is -4.13. The Labute approximate surface area is 260 Å². The number of piperidine rings is 1. The summed E-state index contributed by atoms with van der Waals surface area (Å²) < 4.78 is 5.52. The van der Waals surface area contributed by atoms with Gasteiger partial charge in [0.15, 0.2) is 0 Å². The van der Waals surface area contributed by atoms with Gasteiger partial charge in [0.05, 0.1) is 0 Å². The number of benzene rings is 4. The molecule has 2 saturated heterocycles. The zero-order valence-corrected chi connectivity index (χ0v) is 25.0. The summed E-state index contributed by atoms with van der Waals surface area (Å²) in [5, 5.41) is 3.02. The van der Waals surface area contributed by atoms with Gasteiger partial charge in [0.2, 0.25) is 0 Å². The molecule has 4 aromatic carbocycles. The standard InChI is InChI=1S/C36H37N3O3.ClH/c40-33(39-34(41)42-28-36(39,31-18-9-3-10-19-31)32-20-11-4-12-21-32)37-24-13-25-38-26-22-35(23-27-38,29-14-5-1-6-15-29)30-16-7-2-8-17-30;/h1-12,14-21H,13,22-28H2,(H,37,40);1H. The fourth-order valence-corrected chi connectivity index (χ4v) is 6.72. The molecule has 43 heavy (non-hydrogen) atoms. The van der Waals surface area contributed by atoms with E-state index in [4.69, 9.17) is 4.74 Å². The lowest BCUT2D eigenvalue weighted by molar-refractivity contribution is 0.155. The number of halogens is 1. The van der Waals surface area contributed by atoms with Crippen molar-refractivity contribution in [2.45, 2.75) is 30.2 Å². The fraction of sp³-hybridized carbons (Fsp3) is 0.278. The number of amides is 3. The van der Waals surface area contributed by atoms with E-state index >= 15 is 0 Å². The van der Waals surface area contributed by atoms with Crippen LogP contribution >= 0.6 is 12.4 Å². The number of hydrogen-bond acceptors (Lipinski definition) is 4. The molecule has 0 aliphatic carbocycles. The van der Waals surface area contributed by atoms with Gasteiger partial charge in [-0.2, -0.15) is 0 Å². The second kappa shape index (κ2) is 13.4. The maximum atomic E-state index is 13.6. The number of nitrogens with one attached hydrogen (secondary N) is 1. The number of hydrogen-bond donors (Lipinski definition) is 1. The van der Waals surface area contributed by atoms with E-state index in [2.05, 4.69) is 70.9 Å². The molecule has 1 N–H and O–H groups in total. The maximum Gasteiger partial charge on any atom is 0.419 e. The Morgan fingerprint density at radius 2 is 1.14 bits per heavy atom. The summed E-state index contributed by atoms with van der Waals surface area (Å²) in [7, 11) is 0. The normalized spacial score (nSPS) is 17.5. The highest BCUT2D eigenvalue weighted by atomic mass is 35.5. The van der Waals surface area contributed by atoms with E-state index in [0.717, 1.165) is 50.0 Å². The summed E-state index contributed by atoms with van der Waals surface area (Å²) in [6.45, 7) is 3.41. The molecular weight excluding hydrogens is 558 g/mol. The lowest BCUT2D eigenvalue weighted by atomic mass is 9.68. The fourth-order valence-electron chi connectivity index (χ4n) is 6.72. The van der Waals surface area contributed by atoms with Gasteiger partial charge in [0.1, 0.15) is 12.1 Å². The average molecular weight is 596 g/mol. The van der Waals surface area contributed by atoms with Crippen molar-refractivity contribution in [3.63, 3.8) is 0 Å². The molecule has 3 amide bonds. The van der Waals surface area contributed by atoms with Crippen LogP contribution in [0, 0.1) is 0 Å². The van der Waals surface area contributed by atoms with Crippen LogP contribution in [0.25, 0.3) is 0 Å². The van der Waals surface area contributed by atoms with E-state index in [1.807, 2.05) is 60.7 Å². The highest BCUT2D eigenvalue weighted by molar-refractivity contribution is 5.94. The molecule has 0 atom stereocenters. The molecule has 6 rings (SSSR count). The number of imide groups is 1. The molecule has 0 aromatic heterocycles. The predicted molar refractivity (Wildman–Crippen MR) is 171 cm³/mol. The second-order valence-corrected chi connectivity index (χ2v) is 11.2. The lowest BCUT2D eigenvalue weighted by Gasteiger charge is -2.43. The number of likely N-dealkylation sites (tertiary alicyclic amines) is 1. The molecule has 2 fully saturated rings. The van der Waals surface area contributed by atoms with Crippen molar-refractivity contribution in [3.05, 3.63) is 144 Å². The van der Waals surface area contributed by atoms with Gasteiger partial charge in [-0.05, 0) is 61.2 Å². The summed E-state index contributed by atoms with van der Waals surface area (Å²) in [5.41, 5.74) is 3.43. The number of nitrogens with zero attached hydrogens (tertiary/aromatic N) is 2. The van der Waals surface area contributed by atoms with Gasteiger partial charge >= 0.3 is 12.1 Å². The number of urea groups is 1. The first-order chi connectivity index (χ1) is 20.6. The van der Waals surface area contributed by atoms with Crippen LogP contribution < -0.4 is 5.32 Å². The second-order valence-electron chi connectivity index (χ2n) is 11.2. The summed E-state index contributed by atoms with van der Waals surface area (Å²) in [5.74, 6) is 0. The molecule has 0 radical (unpaired) electrons. The predicted octanol–water partition coefficient (Wildman–Crippen LogP) is 6.99. The lowest BCUT2D eigenvalue weighted by Crippen LogP contribution is -2.53. The first kappa shape index (κ1) is 30.3. The number of rotatable bonds is 8. The summed E-state index contributed by atoms with van der Waals surface area (Å²) in [6.07, 6.45) is 2.25. The largest absolute Gasteiger partial charge is 0.446 e.